The molecule has 0 aliphatic carbocycles. The van der Waals surface area contributed by atoms with Crippen molar-refractivity contribution in [1.29, 1.82) is 0 Å². The second-order valence-electron chi connectivity index (χ2n) is 2.94. The maximum atomic E-state index is 5.43. The number of hydrogen-bond acceptors (Lipinski definition) is 3. The first-order valence-corrected chi connectivity index (χ1v) is 4.01. The van der Waals surface area contributed by atoms with Crippen molar-refractivity contribution >= 4 is 0 Å². The van der Waals surface area contributed by atoms with Gasteiger partial charge >= 0.3 is 0 Å². The Morgan fingerprint density at radius 1 is 1.27 bits per heavy atom. The summed E-state index contributed by atoms with van der Waals surface area (Å²) < 4.78 is 10.3. The van der Waals surface area contributed by atoms with Gasteiger partial charge in [-0.05, 0) is 19.4 Å². The minimum atomic E-state index is 0.175. The van der Waals surface area contributed by atoms with Crippen LogP contribution >= 0.6 is 0 Å². The van der Waals surface area contributed by atoms with Crippen LogP contribution in [-0.4, -0.2) is 33.0 Å². The topological polar surface area (TPSA) is 44.5 Å². The van der Waals surface area contributed by atoms with Crippen LogP contribution in [0.4, 0.5) is 0 Å². The molecule has 0 saturated heterocycles. The molecule has 0 rings (SSSR count). The van der Waals surface area contributed by atoms with E-state index in [0.717, 1.165) is 6.61 Å². The molecule has 2 unspecified atom stereocenters. The average molecular weight is 161 g/mol. The van der Waals surface area contributed by atoms with Crippen molar-refractivity contribution in [3.63, 3.8) is 0 Å². The zero-order valence-electron chi connectivity index (χ0n) is 7.67. The van der Waals surface area contributed by atoms with Gasteiger partial charge in [0.05, 0.1) is 19.3 Å². The van der Waals surface area contributed by atoms with E-state index in [-0.39, 0.29) is 6.10 Å². The minimum Gasteiger partial charge on any atom is -0.382 e. The largest absolute Gasteiger partial charge is 0.382 e. The molecule has 11 heavy (non-hydrogen) atoms. The molecule has 0 heterocycles. The quantitative estimate of drug-likeness (QED) is 0.621. The van der Waals surface area contributed by atoms with Crippen molar-refractivity contribution in [3.05, 3.63) is 0 Å². The van der Waals surface area contributed by atoms with E-state index in [1.54, 1.807) is 7.11 Å². The molecule has 0 aliphatic rings. The molecule has 0 amide bonds. The Morgan fingerprint density at radius 3 is 2.36 bits per heavy atom. The van der Waals surface area contributed by atoms with E-state index in [4.69, 9.17) is 15.2 Å². The summed E-state index contributed by atoms with van der Waals surface area (Å²) >= 11 is 0. The Morgan fingerprint density at radius 2 is 1.91 bits per heavy atom. The van der Waals surface area contributed by atoms with Crippen molar-refractivity contribution in [2.75, 3.05) is 26.9 Å². The fraction of sp³-hybridized carbons (Fsp3) is 1.00. The van der Waals surface area contributed by atoms with Gasteiger partial charge in [0, 0.05) is 7.11 Å². The van der Waals surface area contributed by atoms with Gasteiger partial charge in [-0.2, -0.15) is 0 Å². The number of nitrogens with two attached hydrogens (primary N) is 1. The highest BCUT2D eigenvalue weighted by molar-refractivity contribution is 4.53. The molecule has 0 spiro atoms. The van der Waals surface area contributed by atoms with E-state index in [1.165, 1.54) is 0 Å². The zero-order chi connectivity index (χ0) is 8.69. The van der Waals surface area contributed by atoms with Crippen molar-refractivity contribution in [3.8, 4) is 0 Å². The lowest BCUT2D eigenvalue weighted by Crippen LogP contribution is -2.22. The molecule has 68 valence electrons. The number of ether oxygens (including phenoxy) is 2. The van der Waals surface area contributed by atoms with Gasteiger partial charge in [-0.25, -0.2) is 0 Å². The Kier molecular flexibility index (Phi) is 6.51. The van der Waals surface area contributed by atoms with Crippen LogP contribution in [0.25, 0.3) is 0 Å². The Bertz CT molecular complexity index is 88.2. The van der Waals surface area contributed by atoms with Gasteiger partial charge in [0.25, 0.3) is 0 Å². The van der Waals surface area contributed by atoms with Crippen LogP contribution in [0.3, 0.4) is 0 Å². The van der Waals surface area contributed by atoms with Crippen molar-refractivity contribution in [1.82, 2.24) is 0 Å². The second-order valence-corrected chi connectivity index (χ2v) is 2.94. The number of methoxy groups -OCH3 is 1. The van der Waals surface area contributed by atoms with Crippen LogP contribution in [-0.2, 0) is 9.47 Å². The van der Waals surface area contributed by atoms with Crippen molar-refractivity contribution < 1.29 is 9.47 Å². The molecule has 0 aromatic heterocycles. The smallest absolute Gasteiger partial charge is 0.0780 e. The molecule has 0 aromatic rings. The van der Waals surface area contributed by atoms with Gasteiger partial charge in [-0.15, -0.1) is 0 Å². The third kappa shape index (κ3) is 6.28. The van der Waals surface area contributed by atoms with Crippen molar-refractivity contribution in [2.45, 2.75) is 20.0 Å². The van der Waals surface area contributed by atoms with E-state index in [9.17, 15) is 0 Å². The third-order valence-corrected chi connectivity index (χ3v) is 1.47. The molecule has 2 N–H and O–H groups in total. The summed E-state index contributed by atoms with van der Waals surface area (Å²) in [6.45, 7) is 6.12. The van der Waals surface area contributed by atoms with Crippen molar-refractivity contribution in [2.24, 2.45) is 11.7 Å². The first kappa shape index (κ1) is 10.9. The first-order chi connectivity index (χ1) is 5.20. The summed E-state index contributed by atoms with van der Waals surface area (Å²) in [5.74, 6) is 0.439. The number of hydrogen-bond donors (Lipinski definition) is 1. The zero-order valence-corrected chi connectivity index (χ0v) is 7.67. The van der Waals surface area contributed by atoms with Crippen LogP contribution in [0.5, 0.6) is 0 Å². The molecular formula is C8H19NO2. The maximum absolute atomic E-state index is 5.43. The normalized spacial score (nSPS) is 16.4. The van der Waals surface area contributed by atoms with E-state index >= 15 is 0 Å². The molecule has 2 atom stereocenters. The summed E-state index contributed by atoms with van der Waals surface area (Å²) in [5, 5.41) is 0. The molecule has 0 bridgehead atoms. The summed E-state index contributed by atoms with van der Waals surface area (Å²) in [6.07, 6.45) is 0.175. The maximum Gasteiger partial charge on any atom is 0.0780 e. The van der Waals surface area contributed by atoms with Crippen LogP contribution in [0.15, 0.2) is 0 Å². The van der Waals surface area contributed by atoms with Gasteiger partial charge in [0.15, 0.2) is 0 Å². The van der Waals surface area contributed by atoms with Crippen LogP contribution in [0, 0.1) is 5.92 Å². The van der Waals surface area contributed by atoms with Gasteiger partial charge in [-0.1, -0.05) is 6.92 Å². The SMILES string of the molecule is COCC(C)OCC(C)CN. The summed E-state index contributed by atoms with van der Waals surface area (Å²) in [4.78, 5) is 0. The van der Waals surface area contributed by atoms with E-state index < -0.39 is 0 Å². The summed E-state index contributed by atoms with van der Waals surface area (Å²) in [7, 11) is 1.67. The highest BCUT2D eigenvalue weighted by Gasteiger charge is 2.03. The number of rotatable bonds is 6. The molecule has 3 heteroatoms. The minimum absolute atomic E-state index is 0.175. The van der Waals surface area contributed by atoms with E-state index in [2.05, 4.69) is 6.92 Å². The molecular weight excluding hydrogens is 142 g/mol. The molecule has 0 radical (unpaired) electrons. The Labute approximate surface area is 68.9 Å². The van der Waals surface area contributed by atoms with Gasteiger partial charge < -0.3 is 15.2 Å². The fourth-order valence-corrected chi connectivity index (χ4v) is 0.679. The van der Waals surface area contributed by atoms with Crippen LogP contribution in [0.1, 0.15) is 13.8 Å². The Balaban J connectivity index is 3.22. The predicted octanol–water partition coefficient (Wildman–Crippen LogP) is 0.633. The first-order valence-electron chi connectivity index (χ1n) is 4.01. The monoisotopic (exact) mass is 161 g/mol. The highest BCUT2D eigenvalue weighted by atomic mass is 16.5. The summed E-state index contributed by atoms with van der Waals surface area (Å²) in [5.41, 5.74) is 5.42. The van der Waals surface area contributed by atoms with Gasteiger partial charge in [0.1, 0.15) is 0 Å². The fourth-order valence-electron chi connectivity index (χ4n) is 0.679. The Hall–Kier alpha value is -0.120. The molecule has 3 nitrogen and oxygen atoms in total. The van der Waals surface area contributed by atoms with Gasteiger partial charge in [0.2, 0.25) is 0 Å². The molecule has 0 aromatic carbocycles. The van der Waals surface area contributed by atoms with E-state index in [1.807, 2.05) is 6.92 Å². The third-order valence-electron chi connectivity index (χ3n) is 1.47. The highest BCUT2D eigenvalue weighted by Crippen LogP contribution is 1.97. The molecule has 0 saturated carbocycles. The van der Waals surface area contributed by atoms with E-state index in [0.29, 0.717) is 19.1 Å². The van der Waals surface area contributed by atoms with Crippen LogP contribution in [0.2, 0.25) is 0 Å². The van der Waals surface area contributed by atoms with Crippen LogP contribution < -0.4 is 5.73 Å². The average Bonchev–Trinajstić information content (AvgIpc) is 2.01. The molecule has 0 aliphatic heterocycles. The lowest BCUT2D eigenvalue weighted by atomic mass is 10.2. The lowest BCUT2D eigenvalue weighted by molar-refractivity contribution is -0.00319. The standard InChI is InChI=1S/C8H19NO2/c1-7(4-9)5-11-8(2)6-10-3/h7-8H,4-6,9H2,1-3H3. The predicted molar refractivity (Wildman–Crippen MR) is 45.5 cm³/mol. The second kappa shape index (κ2) is 6.58. The lowest BCUT2D eigenvalue weighted by Gasteiger charge is -2.14. The molecule has 0 fully saturated rings. The van der Waals surface area contributed by atoms with Gasteiger partial charge in [-0.3, -0.25) is 0 Å². The summed E-state index contributed by atoms with van der Waals surface area (Å²) in [6, 6.07) is 0.